The summed E-state index contributed by atoms with van der Waals surface area (Å²) in [7, 11) is 3.88. The number of hydrogen-bond acceptors (Lipinski definition) is 3. The molecule has 0 unspecified atom stereocenters. The molecule has 0 amide bonds. The molecule has 0 bridgehead atoms. The number of likely N-dealkylation sites (N-methyl/N-ethyl adjacent to an activating group) is 1. The molecule has 0 atom stereocenters. The molecule has 0 aromatic rings. The third-order valence-electron chi connectivity index (χ3n) is 3.59. The zero-order chi connectivity index (χ0) is 15.4. The summed E-state index contributed by atoms with van der Waals surface area (Å²) < 4.78 is 5.86. The quantitative estimate of drug-likeness (QED) is 0.331. The third-order valence-corrected chi connectivity index (χ3v) is 3.59. The maximum atomic E-state index is 5.86. The van der Waals surface area contributed by atoms with Gasteiger partial charge < -0.3 is 9.64 Å². The highest BCUT2D eigenvalue weighted by molar-refractivity contribution is 5.92. The van der Waals surface area contributed by atoms with E-state index in [4.69, 9.17) is 4.74 Å². The van der Waals surface area contributed by atoms with Crippen molar-refractivity contribution in [3.8, 4) is 0 Å². The van der Waals surface area contributed by atoms with Crippen molar-refractivity contribution in [2.45, 2.75) is 72.3 Å². The van der Waals surface area contributed by atoms with E-state index in [1.54, 1.807) is 7.05 Å². The van der Waals surface area contributed by atoms with E-state index in [1.807, 2.05) is 6.92 Å². The van der Waals surface area contributed by atoms with Crippen LogP contribution in [0.1, 0.15) is 66.2 Å². The molecule has 0 spiro atoms. The third kappa shape index (κ3) is 7.56. The van der Waals surface area contributed by atoms with Crippen LogP contribution in [0.3, 0.4) is 0 Å². The number of nitrogens with zero attached hydrogens (tertiary/aromatic N) is 2. The molecule has 0 radical (unpaired) electrons. The highest BCUT2D eigenvalue weighted by Crippen LogP contribution is 2.11. The van der Waals surface area contributed by atoms with Crippen LogP contribution in [0.15, 0.2) is 16.8 Å². The van der Waals surface area contributed by atoms with Crippen LogP contribution < -0.4 is 0 Å². The van der Waals surface area contributed by atoms with Crippen LogP contribution >= 0.6 is 0 Å². The van der Waals surface area contributed by atoms with E-state index in [1.165, 1.54) is 32.1 Å². The number of ether oxygens (including phenoxy) is 1. The van der Waals surface area contributed by atoms with Gasteiger partial charge in [0.25, 0.3) is 0 Å². The van der Waals surface area contributed by atoms with Gasteiger partial charge in [-0.25, -0.2) is 0 Å². The lowest BCUT2D eigenvalue weighted by Crippen LogP contribution is -2.31. The molecule has 0 aliphatic rings. The molecular weight excluding hydrogens is 248 g/mol. The number of unbranched alkanes of at least 4 members (excludes halogenated alkanes) is 5. The molecule has 3 heteroatoms. The molecule has 0 heterocycles. The zero-order valence-corrected chi connectivity index (χ0v) is 14.4. The molecule has 3 nitrogen and oxygen atoms in total. The second kappa shape index (κ2) is 11.8. The van der Waals surface area contributed by atoms with Crippen LogP contribution in [0, 0.1) is 0 Å². The fraction of sp³-hybridized carbons (Fsp3) is 0.824. The van der Waals surface area contributed by atoms with Gasteiger partial charge in [-0.3, -0.25) is 4.99 Å². The number of hydrogen-bond donors (Lipinski definition) is 0. The van der Waals surface area contributed by atoms with E-state index in [0.717, 1.165) is 24.6 Å². The van der Waals surface area contributed by atoms with Crippen LogP contribution in [0.4, 0.5) is 0 Å². The van der Waals surface area contributed by atoms with E-state index in [9.17, 15) is 0 Å². The summed E-state index contributed by atoms with van der Waals surface area (Å²) in [6, 6.07) is 0.440. The SMILES string of the molecule is C/C=C(/C(=N\C)OCCCCCCCC)N(C)C(C)C. The molecule has 118 valence electrons. The van der Waals surface area contributed by atoms with E-state index in [2.05, 4.69) is 43.8 Å². The fourth-order valence-corrected chi connectivity index (χ4v) is 2.06. The molecule has 0 fully saturated rings. The Morgan fingerprint density at radius 3 is 2.25 bits per heavy atom. The molecule has 0 aliphatic heterocycles. The van der Waals surface area contributed by atoms with E-state index < -0.39 is 0 Å². The highest BCUT2D eigenvalue weighted by atomic mass is 16.5. The van der Waals surface area contributed by atoms with Gasteiger partial charge in [0.2, 0.25) is 5.90 Å². The molecule has 0 aliphatic carbocycles. The van der Waals surface area contributed by atoms with Gasteiger partial charge in [0, 0.05) is 20.1 Å². The Morgan fingerprint density at radius 2 is 1.75 bits per heavy atom. The number of allylic oxidation sites excluding steroid dienone is 1. The largest absolute Gasteiger partial charge is 0.476 e. The molecule has 0 saturated heterocycles. The lowest BCUT2D eigenvalue weighted by Gasteiger charge is -2.27. The molecule has 20 heavy (non-hydrogen) atoms. The minimum Gasteiger partial charge on any atom is -0.476 e. The molecule has 0 N–H and O–H groups in total. The van der Waals surface area contributed by atoms with E-state index >= 15 is 0 Å². The van der Waals surface area contributed by atoms with Crippen LogP contribution in [-0.4, -0.2) is 37.5 Å². The predicted octanol–water partition coefficient (Wildman–Crippen LogP) is 4.64. The Bertz CT molecular complexity index is 295. The fourth-order valence-electron chi connectivity index (χ4n) is 2.06. The van der Waals surface area contributed by atoms with Gasteiger partial charge in [0.1, 0.15) is 0 Å². The Labute approximate surface area is 126 Å². The molecule has 0 rings (SSSR count). The maximum Gasteiger partial charge on any atom is 0.232 e. The summed E-state index contributed by atoms with van der Waals surface area (Å²) in [5.41, 5.74) is 1.08. The van der Waals surface area contributed by atoms with Gasteiger partial charge in [-0.15, -0.1) is 0 Å². The van der Waals surface area contributed by atoms with Crippen LogP contribution in [0.5, 0.6) is 0 Å². The van der Waals surface area contributed by atoms with Crippen molar-refractivity contribution in [2.75, 3.05) is 20.7 Å². The smallest absolute Gasteiger partial charge is 0.232 e. The average molecular weight is 282 g/mol. The standard InChI is InChI=1S/C17H34N2O/c1-7-9-10-11-12-13-14-20-17(18-5)16(8-2)19(6)15(3)4/h8,15H,7,9-14H2,1-6H3/b16-8-,18-17+. The van der Waals surface area contributed by atoms with Gasteiger partial charge >= 0.3 is 0 Å². The Hall–Kier alpha value is -0.990. The van der Waals surface area contributed by atoms with Crippen molar-refractivity contribution in [3.05, 3.63) is 11.8 Å². The van der Waals surface area contributed by atoms with Crippen LogP contribution in [0.2, 0.25) is 0 Å². The minimum atomic E-state index is 0.440. The number of rotatable bonds is 10. The van der Waals surface area contributed by atoms with Crippen molar-refractivity contribution in [3.63, 3.8) is 0 Å². The summed E-state index contributed by atoms with van der Waals surface area (Å²) in [4.78, 5) is 6.49. The summed E-state index contributed by atoms with van der Waals surface area (Å²) in [6.07, 6.45) is 9.76. The first-order valence-electron chi connectivity index (χ1n) is 8.07. The number of aliphatic imine (C=N–C) groups is 1. The molecule has 0 aromatic heterocycles. The molecule has 0 aromatic carbocycles. The monoisotopic (exact) mass is 282 g/mol. The van der Waals surface area contributed by atoms with E-state index in [0.29, 0.717) is 6.04 Å². The summed E-state index contributed by atoms with van der Waals surface area (Å²) in [6.45, 7) is 9.39. The highest BCUT2D eigenvalue weighted by Gasteiger charge is 2.14. The first-order chi connectivity index (χ1) is 9.58. The van der Waals surface area contributed by atoms with E-state index in [-0.39, 0.29) is 0 Å². The summed E-state index contributed by atoms with van der Waals surface area (Å²) in [5.74, 6) is 0.761. The van der Waals surface area contributed by atoms with Gasteiger partial charge in [-0.2, -0.15) is 0 Å². The Kier molecular flexibility index (Phi) is 11.2. The topological polar surface area (TPSA) is 24.8 Å². The lowest BCUT2D eigenvalue weighted by atomic mass is 10.1. The lowest BCUT2D eigenvalue weighted by molar-refractivity contribution is 0.271. The maximum absolute atomic E-state index is 5.86. The minimum absolute atomic E-state index is 0.440. The van der Waals surface area contributed by atoms with Gasteiger partial charge in [-0.1, -0.05) is 45.1 Å². The first-order valence-corrected chi connectivity index (χ1v) is 8.07. The normalized spacial score (nSPS) is 12.9. The molecular formula is C17H34N2O. The predicted molar refractivity (Wildman–Crippen MR) is 89.3 cm³/mol. The average Bonchev–Trinajstić information content (AvgIpc) is 2.44. The molecule has 0 saturated carbocycles. The first kappa shape index (κ1) is 19.0. The summed E-state index contributed by atoms with van der Waals surface area (Å²) in [5, 5.41) is 0. The van der Waals surface area contributed by atoms with Crippen molar-refractivity contribution >= 4 is 5.90 Å². The van der Waals surface area contributed by atoms with Crippen LogP contribution in [0.25, 0.3) is 0 Å². The zero-order valence-electron chi connectivity index (χ0n) is 14.4. The second-order valence-electron chi connectivity index (χ2n) is 5.52. The van der Waals surface area contributed by atoms with Gasteiger partial charge in [0.15, 0.2) is 0 Å². The van der Waals surface area contributed by atoms with Crippen molar-refractivity contribution in [2.24, 2.45) is 4.99 Å². The Morgan fingerprint density at radius 1 is 1.15 bits per heavy atom. The van der Waals surface area contributed by atoms with Crippen LogP contribution in [-0.2, 0) is 4.74 Å². The second-order valence-corrected chi connectivity index (χ2v) is 5.52. The Balaban J connectivity index is 4.10. The van der Waals surface area contributed by atoms with Crippen molar-refractivity contribution in [1.82, 2.24) is 4.90 Å². The van der Waals surface area contributed by atoms with Gasteiger partial charge in [-0.05, 0) is 27.2 Å². The van der Waals surface area contributed by atoms with Crippen molar-refractivity contribution < 1.29 is 4.74 Å². The van der Waals surface area contributed by atoms with Gasteiger partial charge in [0.05, 0.1) is 12.3 Å². The summed E-state index contributed by atoms with van der Waals surface area (Å²) >= 11 is 0. The van der Waals surface area contributed by atoms with Crippen molar-refractivity contribution in [1.29, 1.82) is 0 Å².